The van der Waals surface area contributed by atoms with Crippen molar-refractivity contribution in [1.82, 2.24) is 0 Å². The molecule has 2 aliphatic rings. The fraction of sp³-hybridized carbons (Fsp3) is 0.500. The van der Waals surface area contributed by atoms with Crippen LogP contribution >= 0.6 is 0 Å². The fourth-order valence-corrected chi connectivity index (χ4v) is 4.04. The molecule has 2 bridgehead atoms. The SMILES string of the molecule is NC(=O)c1ccccc1NC(=O)COC(=O)C[C@H]1C[C@@H]2CC[C@@H]1C2. The average Bonchev–Trinajstić information content (AvgIpc) is 3.16. The summed E-state index contributed by atoms with van der Waals surface area (Å²) in [6.07, 6.45) is 5.25. The number of benzene rings is 1. The molecule has 2 fully saturated rings. The maximum atomic E-state index is 11.9. The monoisotopic (exact) mass is 330 g/mol. The Morgan fingerprint density at radius 1 is 1.17 bits per heavy atom. The van der Waals surface area contributed by atoms with Crippen molar-refractivity contribution in [2.45, 2.75) is 32.1 Å². The summed E-state index contributed by atoms with van der Waals surface area (Å²) in [5, 5.41) is 2.55. The maximum Gasteiger partial charge on any atom is 0.306 e. The molecule has 6 heteroatoms. The van der Waals surface area contributed by atoms with E-state index in [0.29, 0.717) is 23.9 Å². The number of rotatable bonds is 6. The lowest BCUT2D eigenvalue weighted by molar-refractivity contribution is -0.148. The van der Waals surface area contributed by atoms with Gasteiger partial charge in [-0.2, -0.15) is 0 Å². The Bertz CT molecular complexity index is 658. The first-order chi connectivity index (χ1) is 11.5. The van der Waals surface area contributed by atoms with E-state index in [9.17, 15) is 14.4 Å². The molecule has 2 aliphatic carbocycles. The van der Waals surface area contributed by atoms with Crippen LogP contribution < -0.4 is 11.1 Å². The highest BCUT2D eigenvalue weighted by Crippen LogP contribution is 2.49. The molecule has 3 rings (SSSR count). The van der Waals surface area contributed by atoms with E-state index < -0.39 is 11.8 Å². The van der Waals surface area contributed by atoms with Gasteiger partial charge in [-0.05, 0) is 49.1 Å². The molecule has 0 spiro atoms. The van der Waals surface area contributed by atoms with E-state index in [1.165, 1.54) is 25.3 Å². The van der Waals surface area contributed by atoms with Crippen LogP contribution in [0.25, 0.3) is 0 Å². The third-order valence-corrected chi connectivity index (χ3v) is 5.14. The Morgan fingerprint density at radius 2 is 1.96 bits per heavy atom. The number of primary amides is 1. The van der Waals surface area contributed by atoms with Gasteiger partial charge in [0.2, 0.25) is 0 Å². The molecule has 24 heavy (non-hydrogen) atoms. The van der Waals surface area contributed by atoms with Crippen LogP contribution in [-0.4, -0.2) is 24.4 Å². The van der Waals surface area contributed by atoms with Crippen LogP contribution in [0.2, 0.25) is 0 Å². The lowest BCUT2D eigenvalue weighted by atomic mass is 9.86. The minimum absolute atomic E-state index is 0.221. The van der Waals surface area contributed by atoms with Gasteiger partial charge >= 0.3 is 5.97 Å². The number of hydrogen-bond acceptors (Lipinski definition) is 4. The lowest BCUT2D eigenvalue weighted by Crippen LogP contribution is -2.24. The molecule has 128 valence electrons. The molecular weight excluding hydrogens is 308 g/mol. The van der Waals surface area contributed by atoms with Crippen LogP contribution in [0.1, 0.15) is 42.5 Å². The number of nitrogens with two attached hydrogens (primary N) is 1. The number of anilines is 1. The summed E-state index contributed by atoms with van der Waals surface area (Å²) in [6, 6.07) is 6.45. The van der Waals surface area contributed by atoms with Gasteiger partial charge in [-0.1, -0.05) is 18.6 Å². The van der Waals surface area contributed by atoms with Crippen LogP contribution in [0.5, 0.6) is 0 Å². The molecule has 2 saturated carbocycles. The van der Waals surface area contributed by atoms with Crippen LogP contribution in [0.15, 0.2) is 24.3 Å². The second-order valence-corrected chi connectivity index (χ2v) is 6.76. The highest BCUT2D eigenvalue weighted by atomic mass is 16.5. The third-order valence-electron chi connectivity index (χ3n) is 5.14. The Balaban J connectivity index is 1.46. The number of fused-ring (bicyclic) bond motifs is 2. The number of carbonyl (C=O) groups excluding carboxylic acids is 3. The summed E-state index contributed by atoms with van der Waals surface area (Å²) in [6.45, 7) is -0.354. The summed E-state index contributed by atoms with van der Waals surface area (Å²) < 4.78 is 5.08. The second kappa shape index (κ2) is 7.03. The van der Waals surface area contributed by atoms with Crippen molar-refractivity contribution in [3.63, 3.8) is 0 Å². The van der Waals surface area contributed by atoms with Crippen molar-refractivity contribution in [3.8, 4) is 0 Å². The molecule has 2 amide bonds. The van der Waals surface area contributed by atoms with Crippen LogP contribution in [0.4, 0.5) is 5.69 Å². The summed E-state index contributed by atoms with van der Waals surface area (Å²) in [5.41, 5.74) is 5.80. The Labute approximate surface area is 140 Å². The highest BCUT2D eigenvalue weighted by molar-refractivity contribution is 6.03. The Morgan fingerprint density at radius 3 is 2.62 bits per heavy atom. The first kappa shape index (κ1) is 16.5. The van der Waals surface area contributed by atoms with Crippen LogP contribution in [0.3, 0.4) is 0 Å². The van der Waals surface area contributed by atoms with Gasteiger partial charge in [-0.25, -0.2) is 0 Å². The van der Waals surface area contributed by atoms with Crippen molar-refractivity contribution < 1.29 is 19.1 Å². The van der Waals surface area contributed by atoms with E-state index in [-0.39, 0.29) is 18.1 Å². The van der Waals surface area contributed by atoms with Crippen LogP contribution in [-0.2, 0) is 14.3 Å². The average molecular weight is 330 g/mol. The van der Waals surface area contributed by atoms with Gasteiger partial charge in [0.05, 0.1) is 11.3 Å². The van der Waals surface area contributed by atoms with Crippen molar-refractivity contribution >= 4 is 23.5 Å². The minimum atomic E-state index is -0.626. The quantitative estimate of drug-likeness (QED) is 0.780. The maximum absolute atomic E-state index is 11.9. The topological polar surface area (TPSA) is 98.5 Å². The fourth-order valence-electron chi connectivity index (χ4n) is 4.04. The van der Waals surface area contributed by atoms with Gasteiger partial charge in [0, 0.05) is 6.42 Å². The van der Waals surface area contributed by atoms with E-state index in [1.807, 2.05) is 0 Å². The summed E-state index contributed by atoms with van der Waals surface area (Å²) in [4.78, 5) is 35.2. The normalized spacial score (nSPS) is 24.6. The van der Waals surface area contributed by atoms with Gasteiger partial charge in [-0.3, -0.25) is 14.4 Å². The van der Waals surface area contributed by atoms with Gasteiger partial charge in [0.1, 0.15) is 0 Å². The zero-order valence-electron chi connectivity index (χ0n) is 13.5. The van der Waals surface area contributed by atoms with Gasteiger partial charge in [0.15, 0.2) is 6.61 Å². The first-order valence-corrected chi connectivity index (χ1v) is 8.37. The molecule has 0 heterocycles. The van der Waals surface area contributed by atoms with E-state index in [4.69, 9.17) is 10.5 Å². The molecule has 0 unspecified atom stereocenters. The van der Waals surface area contributed by atoms with Crippen molar-refractivity contribution in [3.05, 3.63) is 29.8 Å². The molecule has 0 saturated heterocycles. The number of esters is 1. The van der Waals surface area contributed by atoms with E-state index >= 15 is 0 Å². The summed E-state index contributed by atoms with van der Waals surface area (Å²) in [5.74, 6) is 0.408. The molecule has 3 N–H and O–H groups in total. The number of ether oxygens (including phenoxy) is 1. The zero-order valence-corrected chi connectivity index (χ0v) is 13.5. The summed E-state index contributed by atoms with van der Waals surface area (Å²) in [7, 11) is 0. The predicted molar refractivity (Wildman–Crippen MR) is 88.1 cm³/mol. The van der Waals surface area contributed by atoms with Gasteiger partial charge in [-0.15, -0.1) is 0 Å². The first-order valence-electron chi connectivity index (χ1n) is 8.37. The Kier molecular flexibility index (Phi) is 4.83. The Hall–Kier alpha value is -2.37. The van der Waals surface area contributed by atoms with Gasteiger partial charge < -0.3 is 15.8 Å². The van der Waals surface area contributed by atoms with Crippen molar-refractivity contribution in [2.75, 3.05) is 11.9 Å². The molecule has 0 aliphatic heterocycles. The standard InChI is InChI=1S/C18H22N2O4/c19-18(23)14-3-1-2-4-15(14)20-16(21)10-24-17(22)9-13-8-11-5-6-12(13)7-11/h1-4,11-13H,5-10H2,(H2,19,23)(H,20,21)/t11-,12-,13-/m1/s1. The van der Waals surface area contributed by atoms with E-state index in [1.54, 1.807) is 18.2 Å². The smallest absolute Gasteiger partial charge is 0.306 e. The number of para-hydroxylation sites is 1. The van der Waals surface area contributed by atoms with E-state index in [2.05, 4.69) is 5.32 Å². The van der Waals surface area contributed by atoms with Crippen molar-refractivity contribution in [1.29, 1.82) is 0 Å². The highest BCUT2D eigenvalue weighted by Gasteiger charge is 2.40. The third kappa shape index (κ3) is 3.75. The number of carbonyl (C=O) groups is 3. The molecule has 6 nitrogen and oxygen atoms in total. The van der Waals surface area contributed by atoms with Crippen LogP contribution in [0, 0.1) is 17.8 Å². The van der Waals surface area contributed by atoms with Gasteiger partial charge in [0.25, 0.3) is 11.8 Å². The number of hydrogen-bond donors (Lipinski definition) is 2. The molecule has 0 aromatic heterocycles. The zero-order chi connectivity index (χ0) is 17.1. The number of nitrogens with one attached hydrogen (secondary N) is 1. The summed E-state index contributed by atoms with van der Waals surface area (Å²) >= 11 is 0. The molecular formula is C18H22N2O4. The molecule has 3 atom stereocenters. The van der Waals surface area contributed by atoms with E-state index in [0.717, 1.165) is 12.3 Å². The molecule has 1 aromatic rings. The largest absolute Gasteiger partial charge is 0.456 e. The van der Waals surface area contributed by atoms with Crippen molar-refractivity contribution in [2.24, 2.45) is 23.5 Å². The second-order valence-electron chi connectivity index (χ2n) is 6.76. The predicted octanol–water partition coefficient (Wildman–Crippen LogP) is 2.09. The lowest BCUT2D eigenvalue weighted by Gasteiger charge is -2.20. The molecule has 0 radical (unpaired) electrons. The minimum Gasteiger partial charge on any atom is -0.456 e. The number of amides is 2. The molecule has 1 aromatic carbocycles.